The molecule has 0 radical (unpaired) electrons. The summed E-state index contributed by atoms with van der Waals surface area (Å²) in [5.41, 5.74) is 3.63. The van der Waals surface area contributed by atoms with Gasteiger partial charge < -0.3 is 0 Å². The lowest BCUT2D eigenvalue weighted by Crippen LogP contribution is -1.90. The summed E-state index contributed by atoms with van der Waals surface area (Å²) in [5.74, 6) is 0. The third-order valence-electron chi connectivity index (χ3n) is 1.89. The van der Waals surface area contributed by atoms with E-state index in [9.17, 15) is 0 Å². The minimum absolute atomic E-state index is 1.06. The molecule has 0 saturated heterocycles. The van der Waals surface area contributed by atoms with Gasteiger partial charge in [-0.3, -0.25) is 0 Å². The summed E-state index contributed by atoms with van der Waals surface area (Å²) in [6.45, 7) is 4.16. The molecule has 12 heavy (non-hydrogen) atoms. The van der Waals surface area contributed by atoms with Gasteiger partial charge in [-0.25, -0.2) is 4.52 Å². The van der Waals surface area contributed by atoms with Gasteiger partial charge in [0.1, 0.15) is 0 Å². The standard InChI is InChI=1S/C9H9BrN2/c1-6-3-7(2)9-8(10)4-11-12(9)5-6/h3-5H,1-2H3. The van der Waals surface area contributed by atoms with Gasteiger partial charge in [-0.05, 0) is 40.9 Å². The van der Waals surface area contributed by atoms with E-state index in [-0.39, 0.29) is 0 Å². The molecule has 0 bridgehead atoms. The molecule has 0 aromatic carbocycles. The summed E-state index contributed by atoms with van der Waals surface area (Å²) < 4.78 is 2.95. The van der Waals surface area contributed by atoms with Crippen molar-refractivity contribution in [3.05, 3.63) is 34.1 Å². The molecule has 0 fully saturated rings. The first-order chi connectivity index (χ1) is 5.68. The smallest absolute Gasteiger partial charge is 0.0833 e. The Balaban J connectivity index is 2.93. The van der Waals surface area contributed by atoms with Crippen LogP contribution in [-0.4, -0.2) is 9.61 Å². The molecule has 0 aliphatic rings. The van der Waals surface area contributed by atoms with Crippen molar-refractivity contribution in [2.24, 2.45) is 0 Å². The molecule has 2 heterocycles. The van der Waals surface area contributed by atoms with Crippen molar-refractivity contribution >= 4 is 21.4 Å². The normalized spacial score (nSPS) is 10.9. The monoisotopic (exact) mass is 224 g/mol. The SMILES string of the molecule is Cc1cc(C)c2c(Br)cnn2c1. The number of fused-ring (bicyclic) bond motifs is 1. The average molecular weight is 225 g/mol. The molecule has 2 aromatic heterocycles. The fraction of sp³-hybridized carbons (Fsp3) is 0.222. The molecule has 0 aliphatic heterocycles. The maximum atomic E-state index is 4.21. The zero-order valence-electron chi connectivity index (χ0n) is 7.00. The van der Waals surface area contributed by atoms with Crippen molar-refractivity contribution in [2.75, 3.05) is 0 Å². The Kier molecular flexibility index (Phi) is 1.68. The van der Waals surface area contributed by atoms with Crippen molar-refractivity contribution in [3.63, 3.8) is 0 Å². The third kappa shape index (κ3) is 1.05. The van der Waals surface area contributed by atoms with E-state index in [0.717, 1.165) is 9.99 Å². The highest BCUT2D eigenvalue weighted by Crippen LogP contribution is 2.21. The van der Waals surface area contributed by atoms with Gasteiger partial charge in [0.2, 0.25) is 0 Å². The summed E-state index contributed by atoms with van der Waals surface area (Å²) >= 11 is 3.46. The van der Waals surface area contributed by atoms with Gasteiger partial charge >= 0.3 is 0 Å². The maximum absolute atomic E-state index is 4.21. The van der Waals surface area contributed by atoms with Crippen molar-refractivity contribution in [1.82, 2.24) is 9.61 Å². The molecule has 62 valence electrons. The van der Waals surface area contributed by atoms with Gasteiger partial charge in [0.05, 0.1) is 16.2 Å². The Labute approximate surface area is 79.3 Å². The first-order valence-electron chi connectivity index (χ1n) is 3.78. The second-order valence-electron chi connectivity index (χ2n) is 2.99. The van der Waals surface area contributed by atoms with Crippen molar-refractivity contribution in [1.29, 1.82) is 0 Å². The van der Waals surface area contributed by atoms with E-state index in [1.807, 2.05) is 16.9 Å². The van der Waals surface area contributed by atoms with Crippen LogP contribution in [0.25, 0.3) is 5.52 Å². The van der Waals surface area contributed by atoms with Crippen LogP contribution in [0.15, 0.2) is 22.9 Å². The third-order valence-corrected chi connectivity index (χ3v) is 2.47. The number of aryl methyl sites for hydroxylation is 2. The van der Waals surface area contributed by atoms with Crippen LogP contribution in [-0.2, 0) is 0 Å². The summed E-state index contributed by atoms with van der Waals surface area (Å²) in [6, 6.07) is 2.15. The van der Waals surface area contributed by atoms with Crippen molar-refractivity contribution < 1.29 is 0 Å². The summed E-state index contributed by atoms with van der Waals surface area (Å²) in [7, 11) is 0. The van der Waals surface area contributed by atoms with Gasteiger partial charge in [0.15, 0.2) is 0 Å². The number of pyridine rings is 1. The van der Waals surface area contributed by atoms with Gasteiger partial charge in [-0.15, -0.1) is 0 Å². The van der Waals surface area contributed by atoms with E-state index in [1.165, 1.54) is 11.1 Å². The van der Waals surface area contributed by atoms with Crippen LogP contribution in [0.2, 0.25) is 0 Å². The Morgan fingerprint density at radius 3 is 2.92 bits per heavy atom. The van der Waals surface area contributed by atoms with Crippen LogP contribution in [0.1, 0.15) is 11.1 Å². The first-order valence-corrected chi connectivity index (χ1v) is 4.58. The highest BCUT2D eigenvalue weighted by Gasteiger charge is 2.03. The Bertz CT molecular complexity index is 431. The van der Waals surface area contributed by atoms with E-state index >= 15 is 0 Å². The van der Waals surface area contributed by atoms with Crippen LogP contribution in [0.5, 0.6) is 0 Å². The molecule has 0 atom stereocenters. The molecule has 2 aromatic rings. The topological polar surface area (TPSA) is 17.3 Å². The maximum Gasteiger partial charge on any atom is 0.0833 e. The summed E-state index contributed by atoms with van der Waals surface area (Å²) in [4.78, 5) is 0. The van der Waals surface area contributed by atoms with Gasteiger partial charge in [0.25, 0.3) is 0 Å². The lowest BCUT2D eigenvalue weighted by atomic mass is 10.2. The molecule has 0 spiro atoms. The average Bonchev–Trinajstić information content (AvgIpc) is 2.31. The van der Waals surface area contributed by atoms with Gasteiger partial charge in [-0.1, -0.05) is 6.07 Å². The molecule has 0 saturated carbocycles. The minimum Gasteiger partial charge on any atom is -0.239 e. The Morgan fingerprint density at radius 2 is 2.17 bits per heavy atom. The molecular weight excluding hydrogens is 216 g/mol. The number of hydrogen-bond donors (Lipinski definition) is 0. The molecule has 0 aliphatic carbocycles. The molecule has 0 N–H and O–H groups in total. The molecule has 0 amide bonds. The number of hydrogen-bond acceptors (Lipinski definition) is 1. The second kappa shape index (κ2) is 2.59. The van der Waals surface area contributed by atoms with Gasteiger partial charge in [-0.2, -0.15) is 5.10 Å². The number of halogens is 1. The zero-order valence-corrected chi connectivity index (χ0v) is 8.59. The van der Waals surface area contributed by atoms with E-state index in [2.05, 4.69) is 40.9 Å². The van der Waals surface area contributed by atoms with E-state index < -0.39 is 0 Å². The van der Waals surface area contributed by atoms with Crippen LogP contribution in [0.3, 0.4) is 0 Å². The van der Waals surface area contributed by atoms with E-state index in [4.69, 9.17) is 0 Å². The largest absolute Gasteiger partial charge is 0.239 e. The second-order valence-corrected chi connectivity index (χ2v) is 3.84. The molecule has 2 rings (SSSR count). The highest BCUT2D eigenvalue weighted by molar-refractivity contribution is 9.10. The summed E-state index contributed by atoms with van der Waals surface area (Å²) in [5, 5.41) is 4.21. The first kappa shape index (κ1) is 7.80. The van der Waals surface area contributed by atoms with Gasteiger partial charge in [0, 0.05) is 6.20 Å². The van der Waals surface area contributed by atoms with Crippen LogP contribution >= 0.6 is 15.9 Å². The number of aromatic nitrogens is 2. The van der Waals surface area contributed by atoms with Crippen LogP contribution < -0.4 is 0 Å². The number of rotatable bonds is 0. The quantitative estimate of drug-likeness (QED) is 0.673. The lowest BCUT2D eigenvalue weighted by molar-refractivity contribution is 0.946. The summed E-state index contributed by atoms with van der Waals surface area (Å²) in [6.07, 6.45) is 3.84. The molecule has 3 heteroatoms. The molecule has 2 nitrogen and oxygen atoms in total. The molecular formula is C9H9BrN2. The lowest BCUT2D eigenvalue weighted by Gasteiger charge is -2.00. The minimum atomic E-state index is 1.06. The Hall–Kier alpha value is -0.830. The van der Waals surface area contributed by atoms with Crippen LogP contribution in [0.4, 0.5) is 0 Å². The highest BCUT2D eigenvalue weighted by atomic mass is 79.9. The van der Waals surface area contributed by atoms with E-state index in [1.54, 1.807) is 0 Å². The van der Waals surface area contributed by atoms with E-state index in [0.29, 0.717) is 0 Å². The number of nitrogens with zero attached hydrogens (tertiary/aromatic N) is 2. The predicted molar refractivity (Wildman–Crippen MR) is 52.4 cm³/mol. The Morgan fingerprint density at radius 1 is 1.42 bits per heavy atom. The fourth-order valence-corrected chi connectivity index (χ4v) is 2.03. The molecule has 0 unspecified atom stereocenters. The predicted octanol–water partition coefficient (Wildman–Crippen LogP) is 2.71. The van der Waals surface area contributed by atoms with Crippen molar-refractivity contribution in [3.8, 4) is 0 Å². The van der Waals surface area contributed by atoms with Crippen molar-refractivity contribution in [2.45, 2.75) is 13.8 Å². The fourth-order valence-electron chi connectivity index (χ4n) is 1.45. The van der Waals surface area contributed by atoms with Crippen LogP contribution in [0, 0.1) is 13.8 Å². The zero-order chi connectivity index (χ0) is 8.72.